The molecule has 172 valence electrons. The highest BCUT2D eigenvalue weighted by Gasteiger charge is 2.10. The fourth-order valence-electron chi connectivity index (χ4n) is 3.18. The number of carbonyl (C=O) groups is 2. The van der Waals surface area contributed by atoms with Crippen LogP contribution in [0, 0.1) is 0 Å². The van der Waals surface area contributed by atoms with Crippen LogP contribution in [0.4, 0.5) is 5.69 Å². The Morgan fingerprint density at radius 2 is 1.67 bits per heavy atom. The van der Waals surface area contributed by atoms with Crippen molar-refractivity contribution >= 4 is 17.6 Å². The van der Waals surface area contributed by atoms with Crippen molar-refractivity contribution in [2.24, 2.45) is 0 Å². The number of nitrogens with one attached hydrogen (secondary N) is 1. The van der Waals surface area contributed by atoms with Gasteiger partial charge in [-0.3, -0.25) is 9.59 Å². The minimum absolute atomic E-state index is 0.202. The van der Waals surface area contributed by atoms with E-state index in [9.17, 15) is 14.4 Å². The summed E-state index contributed by atoms with van der Waals surface area (Å²) in [5.74, 6) is 0.511. The average Bonchev–Trinajstić information content (AvgIpc) is 2.84. The fourth-order valence-corrected chi connectivity index (χ4v) is 3.18. The highest BCUT2D eigenvalue weighted by Crippen LogP contribution is 2.31. The van der Waals surface area contributed by atoms with Gasteiger partial charge in [-0.25, -0.2) is 9.48 Å². The second kappa shape index (κ2) is 10.9. The molecule has 0 atom stereocenters. The molecule has 2 aromatic carbocycles. The molecule has 0 saturated carbocycles. The maximum absolute atomic E-state index is 12.2. The maximum Gasteiger partial charge on any atom is 0.337 e. The number of nitrogens with zero attached hydrogens (tertiary/aromatic N) is 2. The van der Waals surface area contributed by atoms with Crippen LogP contribution in [0.1, 0.15) is 23.2 Å². The first-order valence-electron chi connectivity index (χ1n) is 10.2. The smallest absolute Gasteiger partial charge is 0.337 e. The number of methoxy groups -OCH3 is 3. The highest BCUT2D eigenvalue weighted by molar-refractivity contribution is 5.93. The van der Waals surface area contributed by atoms with Gasteiger partial charge in [-0.1, -0.05) is 0 Å². The number of carbonyl (C=O) groups excluding carboxylic acids is 2. The lowest BCUT2D eigenvalue weighted by Gasteiger charge is -2.11. The number of esters is 1. The molecule has 0 fully saturated rings. The van der Waals surface area contributed by atoms with E-state index in [0.717, 1.165) is 5.56 Å². The van der Waals surface area contributed by atoms with Crippen molar-refractivity contribution in [2.45, 2.75) is 19.4 Å². The second-order valence-corrected chi connectivity index (χ2v) is 7.07. The third-order valence-electron chi connectivity index (χ3n) is 4.91. The summed E-state index contributed by atoms with van der Waals surface area (Å²) in [5.41, 5.74) is 2.09. The first-order chi connectivity index (χ1) is 15.9. The molecule has 1 aromatic heterocycles. The molecule has 0 aliphatic carbocycles. The fraction of sp³-hybridized carbons (Fsp3) is 0.250. The molecule has 3 rings (SSSR count). The molecule has 0 aliphatic rings. The van der Waals surface area contributed by atoms with Crippen molar-refractivity contribution in [3.8, 4) is 22.8 Å². The second-order valence-electron chi connectivity index (χ2n) is 7.07. The molecular formula is C24H25N3O6. The molecule has 3 aromatic rings. The zero-order valence-electron chi connectivity index (χ0n) is 18.7. The predicted octanol–water partition coefficient (Wildman–Crippen LogP) is 3.13. The molecule has 9 nitrogen and oxygen atoms in total. The van der Waals surface area contributed by atoms with Gasteiger partial charge in [-0.15, -0.1) is 0 Å². The van der Waals surface area contributed by atoms with Crippen LogP contribution >= 0.6 is 0 Å². The summed E-state index contributed by atoms with van der Waals surface area (Å²) in [4.78, 5) is 35.9. The van der Waals surface area contributed by atoms with Crippen molar-refractivity contribution < 1.29 is 23.8 Å². The van der Waals surface area contributed by atoms with Gasteiger partial charge in [0.25, 0.3) is 5.56 Å². The molecule has 0 radical (unpaired) electrons. The third kappa shape index (κ3) is 5.97. The van der Waals surface area contributed by atoms with E-state index in [0.29, 0.717) is 34.9 Å². The van der Waals surface area contributed by atoms with Gasteiger partial charge < -0.3 is 19.5 Å². The minimum atomic E-state index is -0.443. The van der Waals surface area contributed by atoms with Crippen molar-refractivity contribution in [2.75, 3.05) is 26.6 Å². The minimum Gasteiger partial charge on any atom is -0.493 e. The summed E-state index contributed by atoms with van der Waals surface area (Å²) in [5, 5.41) is 7.18. The molecule has 1 heterocycles. The van der Waals surface area contributed by atoms with Gasteiger partial charge in [0.05, 0.1) is 32.6 Å². The Morgan fingerprint density at radius 3 is 2.33 bits per heavy atom. The monoisotopic (exact) mass is 451 g/mol. The Morgan fingerprint density at radius 1 is 0.939 bits per heavy atom. The molecule has 0 unspecified atom stereocenters. The molecular weight excluding hydrogens is 426 g/mol. The molecule has 0 bridgehead atoms. The average molecular weight is 451 g/mol. The van der Waals surface area contributed by atoms with E-state index in [2.05, 4.69) is 15.2 Å². The number of aromatic nitrogens is 2. The largest absolute Gasteiger partial charge is 0.493 e. The Bertz CT molecular complexity index is 1190. The summed E-state index contributed by atoms with van der Waals surface area (Å²) in [6, 6.07) is 14.9. The number of ether oxygens (including phenoxy) is 3. The van der Waals surface area contributed by atoms with Gasteiger partial charge in [-0.05, 0) is 55.0 Å². The topological polar surface area (TPSA) is 109 Å². The summed E-state index contributed by atoms with van der Waals surface area (Å²) in [7, 11) is 4.42. The predicted molar refractivity (Wildman–Crippen MR) is 123 cm³/mol. The van der Waals surface area contributed by atoms with E-state index >= 15 is 0 Å². The van der Waals surface area contributed by atoms with Gasteiger partial charge in [-0.2, -0.15) is 5.10 Å². The summed E-state index contributed by atoms with van der Waals surface area (Å²) < 4.78 is 16.6. The molecule has 0 saturated heterocycles. The lowest BCUT2D eigenvalue weighted by atomic mass is 10.1. The van der Waals surface area contributed by atoms with Crippen LogP contribution in [0.3, 0.4) is 0 Å². The number of aryl methyl sites for hydroxylation is 1. The number of hydrogen-bond donors (Lipinski definition) is 1. The first-order valence-corrected chi connectivity index (χ1v) is 10.2. The van der Waals surface area contributed by atoms with E-state index in [4.69, 9.17) is 9.47 Å². The normalized spacial score (nSPS) is 10.4. The molecule has 33 heavy (non-hydrogen) atoms. The SMILES string of the molecule is COC(=O)c1ccc(NC(=O)CCCn2nc(-c3ccc(OC)c(OC)c3)ccc2=O)cc1. The molecule has 1 amide bonds. The van der Waals surface area contributed by atoms with Crippen molar-refractivity contribution in [1.82, 2.24) is 9.78 Å². The van der Waals surface area contributed by atoms with Crippen molar-refractivity contribution in [3.05, 3.63) is 70.5 Å². The van der Waals surface area contributed by atoms with Crippen LogP contribution in [0.25, 0.3) is 11.3 Å². The van der Waals surface area contributed by atoms with Gasteiger partial charge in [0.1, 0.15) is 0 Å². The van der Waals surface area contributed by atoms with Crippen molar-refractivity contribution in [3.63, 3.8) is 0 Å². The van der Waals surface area contributed by atoms with E-state index in [-0.39, 0.29) is 24.4 Å². The summed E-state index contributed by atoms with van der Waals surface area (Å²) in [6.45, 7) is 0.286. The Kier molecular flexibility index (Phi) is 7.80. The molecule has 0 aliphatic heterocycles. The zero-order chi connectivity index (χ0) is 23.8. The van der Waals surface area contributed by atoms with Crippen LogP contribution in [0.5, 0.6) is 11.5 Å². The van der Waals surface area contributed by atoms with E-state index in [1.165, 1.54) is 17.9 Å². The summed E-state index contributed by atoms with van der Waals surface area (Å²) in [6.07, 6.45) is 0.627. The first kappa shape index (κ1) is 23.5. The Labute approximate surface area is 190 Å². The molecule has 1 N–H and O–H groups in total. The van der Waals surface area contributed by atoms with Crippen LogP contribution < -0.4 is 20.3 Å². The van der Waals surface area contributed by atoms with E-state index in [1.807, 2.05) is 6.07 Å². The third-order valence-corrected chi connectivity index (χ3v) is 4.91. The number of amides is 1. The van der Waals surface area contributed by atoms with Crippen LogP contribution in [0.15, 0.2) is 59.4 Å². The lowest BCUT2D eigenvalue weighted by Crippen LogP contribution is -2.23. The Balaban J connectivity index is 1.61. The van der Waals surface area contributed by atoms with Gasteiger partial charge in [0.15, 0.2) is 11.5 Å². The number of benzene rings is 2. The molecule has 9 heteroatoms. The number of anilines is 1. The number of rotatable bonds is 9. The van der Waals surface area contributed by atoms with Gasteiger partial charge >= 0.3 is 5.97 Å². The maximum atomic E-state index is 12.2. The van der Waals surface area contributed by atoms with Gasteiger partial charge in [0.2, 0.25) is 5.91 Å². The van der Waals surface area contributed by atoms with E-state index in [1.54, 1.807) is 56.7 Å². The van der Waals surface area contributed by atoms with Crippen LogP contribution in [-0.2, 0) is 16.1 Å². The number of hydrogen-bond acceptors (Lipinski definition) is 7. The van der Waals surface area contributed by atoms with Crippen LogP contribution in [-0.4, -0.2) is 43.0 Å². The quantitative estimate of drug-likeness (QED) is 0.498. The van der Waals surface area contributed by atoms with E-state index < -0.39 is 5.97 Å². The highest BCUT2D eigenvalue weighted by atomic mass is 16.5. The standard InChI is InChI=1S/C24H25N3O6/c1-31-20-12-8-17(15-21(20)32-2)19-11-13-23(29)27(26-19)14-4-5-22(28)25-18-9-6-16(7-10-18)24(30)33-3/h6-13,15H,4-5,14H2,1-3H3,(H,25,28). The zero-order valence-corrected chi connectivity index (χ0v) is 18.7. The lowest BCUT2D eigenvalue weighted by molar-refractivity contribution is -0.116. The Hall–Kier alpha value is -4.14. The van der Waals surface area contributed by atoms with Crippen molar-refractivity contribution in [1.29, 1.82) is 0 Å². The molecule has 0 spiro atoms. The van der Waals surface area contributed by atoms with Gasteiger partial charge in [0, 0.05) is 30.3 Å². The summed E-state index contributed by atoms with van der Waals surface area (Å²) >= 11 is 0. The van der Waals surface area contributed by atoms with Crippen LogP contribution in [0.2, 0.25) is 0 Å².